The highest BCUT2D eigenvalue weighted by Gasteiger charge is 2.22. The minimum Gasteiger partial charge on any atom is -0.451 e. The first-order valence-corrected chi connectivity index (χ1v) is 8.15. The number of methoxy groups -OCH3 is 1. The van der Waals surface area contributed by atoms with Gasteiger partial charge in [0.05, 0.1) is 22.6 Å². The molecule has 7 heteroatoms. The summed E-state index contributed by atoms with van der Waals surface area (Å²) >= 11 is 0. The molecular weight excluding hydrogens is 300 g/mol. The molecule has 0 spiro atoms. The second-order valence-corrected chi connectivity index (χ2v) is 7.26. The quantitative estimate of drug-likeness (QED) is 0.799. The van der Waals surface area contributed by atoms with Crippen molar-refractivity contribution >= 4 is 21.4 Å². The van der Waals surface area contributed by atoms with Crippen molar-refractivity contribution in [3.8, 4) is 0 Å². The number of hydrogen-bond donors (Lipinski definition) is 0. The predicted molar refractivity (Wildman–Crippen MR) is 76.4 cm³/mol. The average molecular weight is 315 g/mol. The number of halogens is 2. The van der Waals surface area contributed by atoms with Crippen molar-refractivity contribution < 1.29 is 22.5 Å². The fraction of sp³-hybridized carbons (Fsp3) is 0.357. The van der Waals surface area contributed by atoms with Crippen molar-refractivity contribution in [3.63, 3.8) is 0 Å². The minimum atomic E-state index is -2.75. The standard InChI is InChI=1S/C14H15F2NO3S/c1-9-7-11(15)13(12(16)8-9)10-3-5-21(19,6-4-10)17-14(18)20-2/h3,7-8H,4-6H2,1-2H3. The van der Waals surface area contributed by atoms with E-state index < -0.39 is 27.5 Å². The van der Waals surface area contributed by atoms with Gasteiger partial charge >= 0.3 is 6.09 Å². The molecule has 0 aliphatic carbocycles. The van der Waals surface area contributed by atoms with Crippen molar-refractivity contribution in [2.75, 3.05) is 18.6 Å². The largest absolute Gasteiger partial charge is 0.451 e. The molecule has 1 heterocycles. The fourth-order valence-corrected chi connectivity index (χ4v) is 3.85. The molecule has 0 N–H and O–H groups in total. The maximum absolute atomic E-state index is 13.9. The molecule has 0 aromatic heterocycles. The molecule has 1 aromatic rings. The van der Waals surface area contributed by atoms with Gasteiger partial charge in [-0.15, -0.1) is 4.36 Å². The number of rotatable bonds is 1. The molecule has 1 unspecified atom stereocenters. The SMILES string of the molecule is COC(=O)N=S1(=O)CC=C(c2c(F)cc(C)cc2F)CC1. The van der Waals surface area contributed by atoms with E-state index in [0.717, 1.165) is 7.11 Å². The summed E-state index contributed by atoms with van der Waals surface area (Å²) in [5.74, 6) is -1.24. The molecular formula is C14H15F2NO3S. The van der Waals surface area contributed by atoms with Crippen LogP contribution >= 0.6 is 0 Å². The molecule has 21 heavy (non-hydrogen) atoms. The van der Waals surface area contributed by atoms with Crippen LogP contribution in [0, 0.1) is 18.6 Å². The van der Waals surface area contributed by atoms with Gasteiger partial charge in [-0.1, -0.05) is 6.08 Å². The zero-order chi connectivity index (χ0) is 15.6. The third kappa shape index (κ3) is 3.47. The van der Waals surface area contributed by atoms with Crippen LogP contribution in [-0.4, -0.2) is 28.9 Å². The monoisotopic (exact) mass is 315 g/mol. The van der Waals surface area contributed by atoms with E-state index in [1.807, 2.05) is 0 Å². The third-order valence-corrected chi connectivity index (χ3v) is 5.21. The van der Waals surface area contributed by atoms with Crippen molar-refractivity contribution in [3.05, 3.63) is 41.0 Å². The molecule has 114 valence electrons. The van der Waals surface area contributed by atoms with Gasteiger partial charge in [0.2, 0.25) is 0 Å². The maximum Gasteiger partial charge on any atom is 0.441 e. The number of benzene rings is 1. The van der Waals surface area contributed by atoms with E-state index in [2.05, 4.69) is 9.10 Å². The Bertz CT molecular complexity index is 711. The number of aryl methyl sites for hydroxylation is 1. The lowest BCUT2D eigenvalue weighted by atomic mass is 10.0. The first-order valence-electron chi connectivity index (χ1n) is 6.30. The smallest absolute Gasteiger partial charge is 0.441 e. The topological polar surface area (TPSA) is 55.7 Å². The number of amides is 1. The minimum absolute atomic E-state index is 0.0236. The first kappa shape index (κ1) is 15.6. The Hall–Kier alpha value is -1.76. The Balaban J connectivity index is 2.35. The summed E-state index contributed by atoms with van der Waals surface area (Å²) < 4.78 is 47.9. The Morgan fingerprint density at radius 1 is 1.33 bits per heavy atom. The van der Waals surface area contributed by atoms with E-state index in [1.54, 1.807) is 6.92 Å². The predicted octanol–water partition coefficient (Wildman–Crippen LogP) is 3.29. The fourth-order valence-electron chi connectivity index (χ4n) is 2.18. The summed E-state index contributed by atoms with van der Waals surface area (Å²) in [6.45, 7) is 1.60. The van der Waals surface area contributed by atoms with Gasteiger partial charge in [0, 0.05) is 11.3 Å². The number of carbonyl (C=O) groups excluding carboxylic acids is 1. The van der Waals surface area contributed by atoms with Crippen LogP contribution in [0.5, 0.6) is 0 Å². The first-order chi connectivity index (χ1) is 9.84. The number of nitrogens with zero attached hydrogens (tertiary/aromatic N) is 1. The van der Waals surface area contributed by atoms with Crippen LogP contribution in [-0.2, 0) is 14.5 Å². The number of allylic oxidation sites excluding steroid dienone is 1. The van der Waals surface area contributed by atoms with Crippen LogP contribution in [0.1, 0.15) is 17.5 Å². The Labute approximate surface area is 122 Å². The molecule has 1 amide bonds. The molecule has 2 rings (SSSR count). The number of hydrogen-bond acceptors (Lipinski definition) is 3. The Morgan fingerprint density at radius 3 is 2.43 bits per heavy atom. The highest BCUT2D eigenvalue weighted by atomic mass is 32.2. The van der Waals surface area contributed by atoms with Gasteiger partial charge < -0.3 is 4.74 Å². The Kier molecular flexibility index (Phi) is 4.41. The molecule has 0 saturated heterocycles. The van der Waals surface area contributed by atoms with Gasteiger partial charge in [-0.2, -0.15) is 0 Å². The second-order valence-electron chi connectivity index (χ2n) is 4.79. The van der Waals surface area contributed by atoms with Crippen molar-refractivity contribution in [1.29, 1.82) is 0 Å². The van der Waals surface area contributed by atoms with Gasteiger partial charge in [0.15, 0.2) is 0 Å². The molecule has 0 radical (unpaired) electrons. The molecule has 4 nitrogen and oxygen atoms in total. The van der Waals surface area contributed by atoms with E-state index in [9.17, 15) is 17.8 Å². The molecule has 1 aliphatic rings. The molecule has 1 aliphatic heterocycles. The van der Waals surface area contributed by atoms with Gasteiger partial charge in [-0.3, -0.25) is 0 Å². The third-order valence-electron chi connectivity index (χ3n) is 3.20. The van der Waals surface area contributed by atoms with E-state index in [-0.39, 0.29) is 23.5 Å². The van der Waals surface area contributed by atoms with Gasteiger partial charge in [-0.05, 0) is 36.6 Å². The summed E-state index contributed by atoms with van der Waals surface area (Å²) in [6.07, 6.45) is 0.773. The summed E-state index contributed by atoms with van der Waals surface area (Å²) in [6, 6.07) is 2.51. The lowest BCUT2D eigenvalue weighted by molar-refractivity contribution is 0.183. The van der Waals surface area contributed by atoms with Crippen molar-refractivity contribution in [2.45, 2.75) is 13.3 Å². The van der Waals surface area contributed by atoms with Crippen LogP contribution < -0.4 is 0 Å². The van der Waals surface area contributed by atoms with E-state index in [0.29, 0.717) is 11.1 Å². The van der Waals surface area contributed by atoms with Crippen LogP contribution in [0.3, 0.4) is 0 Å². The zero-order valence-electron chi connectivity index (χ0n) is 11.7. The van der Waals surface area contributed by atoms with E-state index in [1.165, 1.54) is 18.2 Å². The summed E-state index contributed by atoms with van der Waals surface area (Å²) in [5, 5.41) is 0. The molecule has 0 fully saturated rings. The highest BCUT2D eigenvalue weighted by Crippen LogP contribution is 2.29. The lowest BCUT2D eigenvalue weighted by Crippen LogP contribution is -2.18. The van der Waals surface area contributed by atoms with Crippen LogP contribution in [0.25, 0.3) is 5.57 Å². The summed E-state index contributed by atoms with van der Waals surface area (Å²) in [7, 11) is -1.60. The van der Waals surface area contributed by atoms with E-state index in [4.69, 9.17) is 0 Å². The zero-order valence-corrected chi connectivity index (χ0v) is 12.5. The van der Waals surface area contributed by atoms with Crippen LogP contribution in [0.15, 0.2) is 22.6 Å². The number of carbonyl (C=O) groups is 1. The highest BCUT2D eigenvalue weighted by molar-refractivity contribution is 7.94. The lowest BCUT2D eigenvalue weighted by Gasteiger charge is -2.18. The summed E-state index contributed by atoms with van der Waals surface area (Å²) in [5.41, 5.74) is 0.846. The van der Waals surface area contributed by atoms with Crippen LogP contribution in [0.4, 0.5) is 13.6 Å². The van der Waals surface area contributed by atoms with Gasteiger partial charge in [0.25, 0.3) is 0 Å². The van der Waals surface area contributed by atoms with Gasteiger partial charge in [0.1, 0.15) is 11.6 Å². The molecule has 0 bridgehead atoms. The molecule has 0 saturated carbocycles. The number of ether oxygens (including phenoxy) is 1. The Morgan fingerprint density at radius 2 is 1.95 bits per heavy atom. The average Bonchev–Trinajstić information content (AvgIpc) is 2.39. The molecule has 1 aromatic carbocycles. The van der Waals surface area contributed by atoms with Gasteiger partial charge in [-0.25, -0.2) is 17.8 Å². The van der Waals surface area contributed by atoms with Crippen molar-refractivity contribution in [1.82, 2.24) is 0 Å². The van der Waals surface area contributed by atoms with Crippen molar-refractivity contribution in [2.24, 2.45) is 4.36 Å². The second kappa shape index (κ2) is 5.93. The van der Waals surface area contributed by atoms with Crippen LogP contribution in [0.2, 0.25) is 0 Å². The normalized spacial score (nSPS) is 21.6. The summed E-state index contributed by atoms with van der Waals surface area (Å²) in [4.78, 5) is 11.1. The van der Waals surface area contributed by atoms with E-state index >= 15 is 0 Å². The molecule has 1 atom stereocenters. The maximum atomic E-state index is 13.9.